The van der Waals surface area contributed by atoms with E-state index >= 15 is 0 Å². The fraction of sp³-hybridized carbons (Fsp3) is 0. The molecular weight excluding hydrogens is 398 g/mol. The van der Waals surface area contributed by atoms with E-state index in [4.69, 9.17) is 0 Å². The first-order valence-corrected chi connectivity index (χ1v) is 7.68. The van der Waals surface area contributed by atoms with E-state index in [1.165, 1.54) is 12.1 Å². The van der Waals surface area contributed by atoms with Gasteiger partial charge in [0, 0.05) is 34.3 Å². The number of hydrogen-bond donors (Lipinski definition) is 0. The zero-order valence-corrected chi connectivity index (χ0v) is 17.1. The Bertz CT molecular complexity index is 1020. The van der Waals surface area contributed by atoms with Gasteiger partial charge in [-0.2, -0.15) is 0 Å². The van der Waals surface area contributed by atoms with Crippen molar-refractivity contribution in [1.82, 2.24) is 9.97 Å². The first-order chi connectivity index (χ1) is 12.6. The number of benzene rings is 2. The standard InChI is InChI=1S/2C10H7NO2.Zn/c2*12-10(13)8-5-1-3-7-4-2-6-11-9(7)8;/h2*1-6H,(H,12,13);/q;;+2/p-2. The number of hydrogen-bond acceptors (Lipinski definition) is 6. The molecule has 0 aliphatic heterocycles. The third-order valence-electron chi connectivity index (χ3n) is 3.71. The molecule has 4 aromatic rings. The van der Waals surface area contributed by atoms with E-state index in [-0.39, 0.29) is 30.6 Å². The molecule has 7 heteroatoms. The van der Waals surface area contributed by atoms with Crippen molar-refractivity contribution in [3.8, 4) is 0 Å². The van der Waals surface area contributed by atoms with Crippen molar-refractivity contribution < 1.29 is 39.3 Å². The summed E-state index contributed by atoms with van der Waals surface area (Å²) >= 11 is 0. The Morgan fingerprint density at radius 2 is 1.00 bits per heavy atom. The average Bonchev–Trinajstić information content (AvgIpc) is 2.67. The molecule has 0 atom stereocenters. The molecule has 0 N–H and O–H groups in total. The van der Waals surface area contributed by atoms with Crippen molar-refractivity contribution in [2.24, 2.45) is 0 Å². The zero-order valence-electron chi connectivity index (χ0n) is 14.2. The summed E-state index contributed by atoms with van der Waals surface area (Å²) in [5.41, 5.74) is 1.23. The largest absolute Gasteiger partial charge is 2.00 e. The Kier molecular flexibility index (Phi) is 6.69. The summed E-state index contributed by atoms with van der Waals surface area (Å²) in [4.78, 5) is 29.3. The van der Waals surface area contributed by atoms with E-state index < -0.39 is 11.9 Å². The Morgan fingerprint density at radius 3 is 1.37 bits per heavy atom. The molecule has 2 aromatic heterocycles. The van der Waals surface area contributed by atoms with Crippen LogP contribution in [0.5, 0.6) is 0 Å². The Morgan fingerprint density at radius 1 is 0.630 bits per heavy atom. The van der Waals surface area contributed by atoms with Crippen LogP contribution >= 0.6 is 0 Å². The molecule has 2 heterocycles. The van der Waals surface area contributed by atoms with Gasteiger partial charge in [0.1, 0.15) is 0 Å². The van der Waals surface area contributed by atoms with E-state index in [0.29, 0.717) is 11.0 Å². The first kappa shape index (κ1) is 20.1. The van der Waals surface area contributed by atoms with E-state index in [9.17, 15) is 19.8 Å². The second kappa shape index (κ2) is 8.96. The number of carbonyl (C=O) groups excluding carboxylic acids is 2. The number of aromatic nitrogens is 2. The number of aromatic carboxylic acids is 2. The summed E-state index contributed by atoms with van der Waals surface area (Å²) < 4.78 is 0. The molecule has 2 aromatic carbocycles. The molecule has 0 bridgehead atoms. The van der Waals surface area contributed by atoms with Gasteiger partial charge in [0.25, 0.3) is 0 Å². The predicted octanol–water partition coefficient (Wildman–Crippen LogP) is 1.19. The SMILES string of the molecule is O=C([O-])c1cccc2cccnc12.O=C([O-])c1cccc2cccnc12.[Zn+2]. The van der Waals surface area contributed by atoms with Crippen molar-refractivity contribution in [3.05, 3.63) is 84.2 Å². The molecule has 128 valence electrons. The van der Waals surface area contributed by atoms with Crippen LogP contribution in [0.25, 0.3) is 21.8 Å². The number of carboxylic acid groups (broad SMARTS) is 2. The Hall–Kier alpha value is -3.18. The second-order valence-corrected chi connectivity index (χ2v) is 5.34. The molecule has 0 aliphatic rings. The van der Waals surface area contributed by atoms with Crippen LogP contribution in [0.1, 0.15) is 20.7 Å². The molecule has 27 heavy (non-hydrogen) atoms. The number of carbonyl (C=O) groups is 2. The van der Waals surface area contributed by atoms with Crippen molar-refractivity contribution in [2.45, 2.75) is 0 Å². The van der Waals surface area contributed by atoms with Gasteiger partial charge < -0.3 is 19.8 Å². The van der Waals surface area contributed by atoms with Gasteiger partial charge in [0.15, 0.2) is 0 Å². The number of pyridine rings is 2. The van der Waals surface area contributed by atoms with Crippen LogP contribution < -0.4 is 10.2 Å². The van der Waals surface area contributed by atoms with Gasteiger partial charge in [-0.3, -0.25) is 9.97 Å². The Balaban J connectivity index is 0.000000187. The van der Waals surface area contributed by atoms with Gasteiger partial charge in [-0.25, -0.2) is 0 Å². The molecule has 6 nitrogen and oxygen atoms in total. The van der Waals surface area contributed by atoms with Gasteiger partial charge >= 0.3 is 19.5 Å². The van der Waals surface area contributed by atoms with E-state index in [1.807, 2.05) is 24.3 Å². The minimum Gasteiger partial charge on any atom is -0.545 e. The normalized spacial score (nSPS) is 9.78. The average molecular weight is 410 g/mol. The summed E-state index contributed by atoms with van der Waals surface area (Å²) in [6.45, 7) is 0. The Labute approximate surface area is 167 Å². The molecule has 0 aliphatic carbocycles. The van der Waals surface area contributed by atoms with Gasteiger partial charge in [-0.05, 0) is 12.1 Å². The number of carboxylic acids is 2. The van der Waals surface area contributed by atoms with Crippen LogP contribution in [0, 0.1) is 0 Å². The van der Waals surface area contributed by atoms with E-state index in [0.717, 1.165) is 10.8 Å². The number of rotatable bonds is 2. The first-order valence-electron chi connectivity index (χ1n) is 7.68. The minimum atomic E-state index is -1.19. The third-order valence-corrected chi connectivity index (χ3v) is 3.71. The molecule has 4 rings (SSSR count). The molecule has 0 saturated heterocycles. The summed E-state index contributed by atoms with van der Waals surface area (Å²) in [7, 11) is 0. The molecule has 0 spiro atoms. The summed E-state index contributed by atoms with van der Waals surface area (Å²) in [6, 6.07) is 17.1. The maximum atomic E-state index is 10.7. The van der Waals surface area contributed by atoms with E-state index in [2.05, 4.69) is 9.97 Å². The van der Waals surface area contributed by atoms with Crippen LogP contribution in [0.15, 0.2) is 73.1 Å². The molecule has 0 amide bonds. The van der Waals surface area contributed by atoms with Crippen LogP contribution in [0.4, 0.5) is 0 Å². The molecule has 0 radical (unpaired) electrons. The summed E-state index contributed by atoms with van der Waals surface area (Å²) in [6.07, 6.45) is 3.13. The van der Waals surface area contributed by atoms with Crippen LogP contribution in [0.3, 0.4) is 0 Å². The number of nitrogens with zero attached hydrogens (tertiary/aromatic N) is 2. The molecule has 0 fully saturated rings. The summed E-state index contributed by atoms with van der Waals surface area (Å²) in [5.74, 6) is -2.38. The van der Waals surface area contributed by atoms with Gasteiger partial charge in [0.2, 0.25) is 0 Å². The monoisotopic (exact) mass is 408 g/mol. The number of fused-ring (bicyclic) bond motifs is 2. The van der Waals surface area contributed by atoms with Crippen molar-refractivity contribution >= 4 is 33.7 Å². The minimum absolute atomic E-state index is 0. The second-order valence-electron chi connectivity index (χ2n) is 5.34. The van der Waals surface area contributed by atoms with Crippen LogP contribution in [-0.4, -0.2) is 21.9 Å². The smallest absolute Gasteiger partial charge is 0.545 e. The quantitative estimate of drug-likeness (QED) is 0.460. The van der Waals surface area contributed by atoms with Gasteiger partial charge in [0.05, 0.1) is 23.0 Å². The fourth-order valence-corrected chi connectivity index (χ4v) is 2.54. The molecule has 0 unspecified atom stereocenters. The summed E-state index contributed by atoms with van der Waals surface area (Å²) in [5, 5.41) is 22.9. The topological polar surface area (TPSA) is 106 Å². The maximum absolute atomic E-state index is 10.7. The van der Waals surface area contributed by atoms with Crippen LogP contribution in [-0.2, 0) is 19.5 Å². The molecular formula is C20H12N2O4Zn. The van der Waals surface area contributed by atoms with Crippen molar-refractivity contribution in [2.75, 3.05) is 0 Å². The molecule has 0 saturated carbocycles. The van der Waals surface area contributed by atoms with Crippen LogP contribution in [0.2, 0.25) is 0 Å². The van der Waals surface area contributed by atoms with E-state index in [1.54, 1.807) is 36.7 Å². The third kappa shape index (κ3) is 4.51. The van der Waals surface area contributed by atoms with Crippen molar-refractivity contribution in [3.63, 3.8) is 0 Å². The predicted molar refractivity (Wildman–Crippen MR) is 92.1 cm³/mol. The fourth-order valence-electron chi connectivity index (χ4n) is 2.54. The van der Waals surface area contributed by atoms with Crippen molar-refractivity contribution in [1.29, 1.82) is 0 Å². The number of para-hydroxylation sites is 2. The zero-order chi connectivity index (χ0) is 18.5. The maximum Gasteiger partial charge on any atom is 2.00 e. The van der Waals surface area contributed by atoms with Gasteiger partial charge in [-0.1, -0.05) is 48.5 Å². The van der Waals surface area contributed by atoms with Gasteiger partial charge in [-0.15, -0.1) is 0 Å².